The molecule has 0 saturated carbocycles. The van der Waals surface area contributed by atoms with Crippen molar-refractivity contribution in [3.8, 4) is 17.7 Å². The summed E-state index contributed by atoms with van der Waals surface area (Å²) in [6.45, 7) is 5.76. The van der Waals surface area contributed by atoms with Gasteiger partial charge in [0.25, 0.3) is 15.9 Å². The van der Waals surface area contributed by atoms with Crippen LogP contribution in [0.1, 0.15) is 49.5 Å². The molecule has 0 radical (unpaired) electrons. The summed E-state index contributed by atoms with van der Waals surface area (Å²) >= 11 is 0. The molecule has 3 heterocycles. The number of aliphatic hydroxyl groups excluding tert-OH is 1. The van der Waals surface area contributed by atoms with Crippen LogP contribution < -0.4 is 4.74 Å². The molecule has 0 spiro atoms. The van der Waals surface area contributed by atoms with E-state index in [1.807, 2.05) is 13.8 Å². The van der Waals surface area contributed by atoms with Crippen molar-refractivity contribution in [3.63, 3.8) is 0 Å². The number of carbonyl (C=O) groups is 1. The maximum Gasteiger partial charge on any atom is 0.261 e. The van der Waals surface area contributed by atoms with Gasteiger partial charge in [0, 0.05) is 50.9 Å². The van der Waals surface area contributed by atoms with Crippen LogP contribution in [0.5, 0.6) is 5.88 Å². The van der Waals surface area contributed by atoms with Crippen LogP contribution in [-0.2, 0) is 17.1 Å². The van der Waals surface area contributed by atoms with Gasteiger partial charge in [0.15, 0.2) is 5.03 Å². The molecular formula is C24H33N5O5S. The lowest BCUT2D eigenvalue weighted by Crippen LogP contribution is -2.50. The third-order valence-corrected chi connectivity index (χ3v) is 7.63. The molecule has 2 aromatic heterocycles. The molecule has 190 valence electrons. The zero-order valence-corrected chi connectivity index (χ0v) is 21.6. The fraction of sp³-hybridized carbons (Fsp3) is 0.542. The molecule has 3 rings (SSSR count). The van der Waals surface area contributed by atoms with Crippen LogP contribution in [0.15, 0.2) is 29.8 Å². The highest BCUT2D eigenvalue weighted by Crippen LogP contribution is 2.28. The van der Waals surface area contributed by atoms with Gasteiger partial charge in [-0.25, -0.2) is 18.4 Å². The number of ether oxygens (including phenoxy) is 1. The Hall–Kier alpha value is -2.94. The van der Waals surface area contributed by atoms with Crippen molar-refractivity contribution in [1.29, 1.82) is 0 Å². The lowest BCUT2D eigenvalue weighted by Gasteiger charge is -2.37. The number of unbranched alkanes of at least 4 members (excludes halogenated alkanes) is 1. The van der Waals surface area contributed by atoms with Crippen LogP contribution in [-0.4, -0.2) is 82.1 Å². The Labute approximate surface area is 207 Å². The Morgan fingerprint density at radius 2 is 2.11 bits per heavy atom. The summed E-state index contributed by atoms with van der Waals surface area (Å²) in [6, 6.07) is 1.20. The van der Waals surface area contributed by atoms with Gasteiger partial charge in [0.2, 0.25) is 5.88 Å². The van der Waals surface area contributed by atoms with Crippen LogP contribution in [0.4, 0.5) is 0 Å². The van der Waals surface area contributed by atoms with Gasteiger partial charge in [-0.2, -0.15) is 4.31 Å². The van der Waals surface area contributed by atoms with Crippen molar-refractivity contribution in [2.75, 3.05) is 26.7 Å². The van der Waals surface area contributed by atoms with E-state index in [1.165, 1.54) is 23.9 Å². The number of aliphatic hydroxyl groups is 1. The smallest absolute Gasteiger partial charge is 0.261 e. The molecule has 1 aliphatic rings. The summed E-state index contributed by atoms with van der Waals surface area (Å²) < 4.78 is 35.0. The number of nitrogens with zero attached hydrogens (tertiary/aromatic N) is 5. The molecule has 1 aliphatic heterocycles. The second-order valence-electron chi connectivity index (χ2n) is 8.91. The standard InChI is InChI=1S/C24H33N5O5S/c1-6-7-8-9-19-10-20-23(25-11-19)34-21(17(2)12-29(24(20)31)18(3)15-30)13-28(5)35(32,33)22-14-27(4)16-26-22/h10-11,14,16-18,21,30H,6-7,12-13,15H2,1-5H3/t17-,18+,21-/m1/s1. The summed E-state index contributed by atoms with van der Waals surface area (Å²) in [7, 11) is -0.673. The fourth-order valence-corrected chi connectivity index (χ4v) is 4.85. The lowest BCUT2D eigenvalue weighted by atomic mass is 10.0. The predicted molar refractivity (Wildman–Crippen MR) is 130 cm³/mol. The predicted octanol–water partition coefficient (Wildman–Crippen LogP) is 1.51. The second kappa shape index (κ2) is 11.2. The highest BCUT2D eigenvalue weighted by molar-refractivity contribution is 7.89. The molecule has 35 heavy (non-hydrogen) atoms. The largest absolute Gasteiger partial charge is 0.472 e. The number of rotatable bonds is 7. The number of imidazole rings is 1. The molecule has 0 aliphatic carbocycles. The second-order valence-corrected chi connectivity index (χ2v) is 10.9. The first-order valence-electron chi connectivity index (χ1n) is 11.6. The van der Waals surface area contributed by atoms with Crippen molar-refractivity contribution < 1.29 is 23.1 Å². The first kappa shape index (κ1) is 26.7. The van der Waals surface area contributed by atoms with E-state index >= 15 is 0 Å². The SMILES string of the molecule is CCCC#Cc1cnc2c(c1)C(=O)N([C@@H](C)CO)C[C@@H](C)[C@@H](CN(C)S(=O)(=O)c1cn(C)cn1)O2. The van der Waals surface area contributed by atoms with E-state index in [1.54, 1.807) is 35.7 Å². The fourth-order valence-electron chi connectivity index (χ4n) is 3.71. The minimum atomic E-state index is -3.84. The monoisotopic (exact) mass is 503 g/mol. The Morgan fingerprint density at radius 3 is 2.74 bits per heavy atom. The van der Waals surface area contributed by atoms with Crippen LogP contribution >= 0.6 is 0 Å². The zero-order chi connectivity index (χ0) is 25.8. The molecule has 3 atom stereocenters. The quantitative estimate of drug-likeness (QED) is 0.569. The number of hydrogen-bond acceptors (Lipinski definition) is 7. The Bertz CT molecular complexity index is 1220. The first-order valence-corrected chi connectivity index (χ1v) is 13.0. The van der Waals surface area contributed by atoms with Gasteiger partial charge in [-0.05, 0) is 19.4 Å². The van der Waals surface area contributed by atoms with Gasteiger partial charge in [-0.1, -0.05) is 25.7 Å². The van der Waals surface area contributed by atoms with E-state index in [4.69, 9.17) is 4.74 Å². The molecule has 0 bridgehead atoms. The molecule has 2 aromatic rings. The number of fused-ring (bicyclic) bond motifs is 1. The van der Waals surface area contributed by atoms with Gasteiger partial charge < -0.3 is 19.3 Å². The first-order chi connectivity index (χ1) is 16.6. The van der Waals surface area contributed by atoms with E-state index in [2.05, 4.69) is 21.8 Å². The maximum atomic E-state index is 13.4. The minimum Gasteiger partial charge on any atom is -0.472 e. The van der Waals surface area contributed by atoms with Gasteiger partial charge in [0.05, 0.1) is 25.5 Å². The number of likely N-dealkylation sites (N-methyl/N-ethyl adjacent to an activating group) is 1. The molecule has 0 unspecified atom stereocenters. The van der Waals surface area contributed by atoms with E-state index < -0.39 is 22.2 Å². The topological polar surface area (TPSA) is 118 Å². The van der Waals surface area contributed by atoms with E-state index in [0.29, 0.717) is 5.56 Å². The average molecular weight is 504 g/mol. The van der Waals surface area contributed by atoms with Crippen molar-refractivity contribution in [2.45, 2.75) is 50.8 Å². The molecule has 1 N–H and O–H groups in total. The van der Waals surface area contributed by atoms with Crippen molar-refractivity contribution in [1.82, 2.24) is 23.7 Å². The zero-order valence-electron chi connectivity index (χ0n) is 20.8. The number of hydrogen-bond donors (Lipinski definition) is 1. The van der Waals surface area contributed by atoms with Crippen molar-refractivity contribution in [3.05, 3.63) is 35.9 Å². The van der Waals surface area contributed by atoms with Crippen LogP contribution in [0.2, 0.25) is 0 Å². The Balaban J connectivity index is 1.97. The molecule has 11 heteroatoms. The molecule has 0 aromatic carbocycles. The minimum absolute atomic E-state index is 0.0226. The molecule has 10 nitrogen and oxygen atoms in total. The summed E-state index contributed by atoms with van der Waals surface area (Å²) in [6.07, 6.45) is 5.46. The molecule has 0 saturated heterocycles. The summed E-state index contributed by atoms with van der Waals surface area (Å²) in [5.41, 5.74) is 0.825. The van der Waals surface area contributed by atoms with Gasteiger partial charge in [0.1, 0.15) is 11.7 Å². The number of aromatic nitrogens is 3. The highest BCUT2D eigenvalue weighted by atomic mass is 32.2. The van der Waals surface area contributed by atoms with E-state index in [-0.39, 0.29) is 48.0 Å². The van der Waals surface area contributed by atoms with E-state index in [0.717, 1.165) is 12.8 Å². The Kier molecular flexibility index (Phi) is 8.53. The van der Waals surface area contributed by atoms with Crippen LogP contribution in [0.3, 0.4) is 0 Å². The summed E-state index contributed by atoms with van der Waals surface area (Å²) in [5, 5.41) is 9.73. The van der Waals surface area contributed by atoms with Crippen molar-refractivity contribution in [2.24, 2.45) is 13.0 Å². The number of aryl methyl sites for hydroxylation is 1. The van der Waals surface area contributed by atoms with Crippen LogP contribution in [0, 0.1) is 17.8 Å². The maximum absolute atomic E-state index is 13.4. The Morgan fingerprint density at radius 1 is 1.37 bits per heavy atom. The number of carbonyl (C=O) groups excluding carboxylic acids is 1. The third-order valence-electron chi connectivity index (χ3n) is 5.92. The van der Waals surface area contributed by atoms with Gasteiger partial charge in [-0.15, -0.1) is 0 Å². The normalized spacial score (nSPS) is 19.3. The van der Waals surface area contributed by atoms with Gasteiger partial charge >= 0.3 is 0 Å². The van der Waals surface area contributed by atoms with Crippen molar-refractivity contribution >= 4 is 15.9 Å². The highest BCUT2D eigenvalue weighted by Gasteiger charge is 2.36. The van der Waals surface area contributed by atoms with E-state index in [9.17, 15) is 18.3 Å². The number of amides is 1. The molecule has 0 fully saturated rings. The van der Waals surface area contributed by atoms with Crippen LogP contribution in [0.25, 0.3) is 0 Å². The molecule has 1 amide bonds. The number of pyridine rings is 1. The third kappa shape index (κ3) is 6.01. The molecular weight excluding hydrogens is 470 g/mol. The summed E-state index contributed by atoms with van der Waals surface area (Å²) in [4.78, 5) is 23.3. The summed E-state index contributed by atoms with van der Waals surface area (Å²) in [5.74, 6) is 5.61. The van der Waals surface area contributed by atoms with Gasteiger partial charge in [-0.3, -0.25) is 4.79 Å². The lowest BCUT2D eigenvalue weighted by molar-refractivity contribution is 0.0373. The number of sulfonamides is 1. The average Bonchev–Trinajstić information content (AvgIpc) is 3.28.